The zero-order valence-corrected chi connectivity index (χ0v) is 11.2. The third kappa shape index (κ3) is 2.90. The Morgan fingerprint density at radius 1 is 1.53 bits per heavy atom. The van der Waals surface area contributed by atoms with Gasteiger partial charge in [-0.05, 0) is 43.4 Å². The molecular weight excluding hydrogens is 212 g/mol. The van der Waals surface area contributed by atoms with Gasteiger partial charge in [0.1, 0.15) is 11.5 Å². The minimum atomic E-state index is 0.500. The first-order chi connectivity index (χ1) is 8.10. The first-order valence-electron chi connectivity index (χ1n) is 6.60. The molecule has 0 radical (unpaired) electrons. The van der Waals surface area contributed by atoms with Crippen molar-refractivity contribution < 1.29 is 4.42 Å². The minimum Gasteiger partial charge on any atom is -0.463 e. The average Bonchev–Trinajstić information content (AvgIpc) is 2.86. The Balaban J connectivity index is 1.93. The first kappa shape index (κ1) is 12.7. The molecule has 2 N–H and O–H groups in total. The SMILES string of the molecule is Cc1cc(CN2CCC(C(C)C)C2)oc1CN. The van der Waals surface area contributed by atoms with Crippen molar-refractivity contribution in [3.8, 4) is 0 Å². The summed E-state index contributed by atoms with van der Waals surface area (Å²) >= 11 is 0. The van der Waals surface area contributed by atoms with E-state index in [4.69, 9.17) is 10.2 Å². The number of aryl methyl sites for hydroxylation is 1. The van der Waals surface area contributed by atoms with Crippen LogP contribution in [-0.2, 0) is 13.1 Å². The number of rotatable bonds is 4. The Hall–Kier alpha value is -0.800. The third-order valence-electron chi connectivity index (χ3n) is 3.89. The number of likely N-dealkylation sites (tertiary alicyclic amines) is 1. The molecule has 0 bridgehead atoms. The van der Waals surface area contributed by atoms with Crippen molar-refractivity contribution >= 4 is 0 Å². The summed E-state index contributed by atoms with van der Waals surface area (Å²) in [7, 11) is 0. The van der Waals surface area contributed by atoms with E-state index in [1.54, 1.807) is 0 Å². The van der Waals surface area contributed by atoms with Crippen LogP contribution in [0.4, 0.5) is 0 Å². The second-order valence-electron chi connectivity index (χ2n) is 5.55. The molecule has 0 saturated carbocycles. The van der Waals surface area contributed by atoms with E-state index < -0.39 is 0 Å². The van der Waals surface area contributed by atoms with Crippen molar-refractivity contribution in [2.24, 2.45) is 17.6 Å². The first-order valence-corrected chi connectivity index (χ1v) is 6.60. The van der Waals surface area contributed by atoms with E-state index in [2.05, 4.69) is 31.7 Å². The Labute approximate surface area is 104 Å². The van der Waals surface area contributed by atoms with Crippen LogP contribution in [0.25, 0.3) is 0 Å². The van der Waals surface area contributed by atoms with E-state index in [1.165, 1.54) is 25.1 Å². The van der Waals surface area contributed by atoms with Crippen LogP contribution in [0.2, 0.25) is 0 Å². The summed E-state index contributed by atoms with van der Waals surface area (Å²) in [6.07, 6.45) is 1.32. The molecule has 3 nitrogen and oxygen atoms in total. The quantitative estimate of drug-likeness (QED) is 0.873. The van der Waals surface area contributed by atoms with E-state index >= 15 is 0 Å². The largest absolute Gasteiger partial charge is 0.463 e. The fourth-order valence-corrected chi connectivity index (χ4v) is 2.64. The highest BCUT2D eigenvalue weighted by atomic mass is 16.3. The van der Waals surface area contributed by atoms with Crippen LogP contribution in [0.15, 0.2) is 10.5 Å². The fourth-order valence-electron chi connectivity index (χ4n) is 2.64. The van der Waals surface area contributed by atoms with Gasteiger partial charge in [-0.2, -0.15) is 0 Å². The Morgan fingerprint density at radius 3 is 2.82 bits per heavy atom. The highest BCUT2D eigenvalue weighted by Gasteiger charge is 2.25. The standard InChI is InChI=1S/C14H24N2O/c1-10(2)12-4-5-16(8-12)9-13-6-11(3)14(7-15)17-13/h6,10,12H,4-5,7-9,15H2,1-3H3. The van der Waals surface area contributed by atoms with Gasteiger partial charge in [-0.3, -0.25) is 4.90 Å². The Morgan fingerprint density at radius 2 is 2.29 bits per heavy atom. The normalized spacial score (nSPS) is 21.6. The molecule has 1 saturated heterocycles. The molecule has 0 aliphatic carbocycles. The highest BCUT2D eigenvalue weighted by Crippen LogP contribution is 2.25. The van der Waals surface area contributed by atoms with Crippen LogP contribution in [0.1, 0.15) is 37.4 Å². The van der Waals surface area contributed by atoms with Crippen LogP contribution in [0.5, 0.6) is 0 Å². The smallest absolute Gasteiger partial charge is 0.120 e. The zero-order valence-electron chi connectivity index (χ0n) is 11.2. The molecule has 1 aliphatic rings. The maximum atomic E-state index is 5.75. The molecule has 0 aromatic carbocycles. The molecule has 1 atom stereocenters. The van der Waals surface area contributed by atoms with E-state index in [1.807, 2.05) is 0 Å². The molecule has 96 valence electrons. The van der Waals surface area contributed by atoms with Crippen LogP contribution in [0.3, 0.4) is 0 Å². The van der Waals surface area contributed by atoms with Crippen LogP contribution >= 0.6 is 0 Å². The van der Waals surface area contributed by atoms with Crippen molar-refractivity contribution in [3.05, 3.63) is 23.2 Å². The average molecular weight is 236 g/mol. The van der Waals surface area contributed by atoms with E-state index in [0.717, 1.165) is 29.9 Å². The summed E-state index contributed by atoms with van der Waals surface area (Å²) in [5.74, 6) is 3.63. The number of hydrogen-bond acceptors (Lipinski definition) is 3. The number of furan rings is 1. The number of nitrogens with zero attached hydrogens (tertiary/aromatic N) is 1. The van der Waals surface area contributed by atoms with Gasteiger partial charge in [-0.25, -0.2) is 0 Å². The molecule has 1 aromatic rings. The maximum Gasteiger partial charge on any atom is 0.120 e. The van der Waals surface area contributed by atoms with E-state index in [0.29, 0.717) is 6.54 Å². The molecule has 1 fully saturated rings. The third-order valence-corrected chi connectivity index (χ3v) is 3.89. The zero-order chi connectivity index (χ0) is 12.4. The van der Waals surface area contributed by atoms with Crippen molar-refractivity contribution in [2.75, 3.05) is 13.1 Å². The minimum absolute atomic E-state index is 0.500. The highest BCUT2D eigenvalue weighted by molar-refractivity contribution is 5.19. The maximum absolute atomic E-state index is 5.75. The molecule has 1 unspecified atom stereocenters. The molecule has 3 heteroatoms. The summed E-state index contributed by atoms with van der Waals surface area (Å²) < 4.78 is 5.75. The molecule has 2 heterocycles. The van der Waals surface area contributed by atoms with Gasteiger partial charge in [0, 0.05) is 6.54 Å². The predicted molar refractivity (Wildman–Crippen MR) is 69.6 cm³/mol. The summed E-state index contributed by atoms with van der Waals surface area (Å²) in [4.78, 5) is 2.49. The van der Waals surface area contributed by atoms with Crippen molar-refractivity contribution in [3.63, 3.8) is 0 Å². The van der Waals surface area contributed by atoms with E-state index in [9.17, 15) is 0 Å². The van der Waals surface area contributed by atoms with Gasteiger partial charge in [0.15, 0.2) is 0 Å². The van der Waals surface area contributed by atoms with Gasteiger partial charge in [0.2, 0.25) is 0 Å². The summed E-state index contributed by atoms with van der Waals surface area (Å²) in [5.41, 5.74) is 6.81. The van der Waals surface area contributed by atoms with Gasteiger partial charge in [0.25, 0.3) is 0 Å². The van der Waals surface area contributed by atoms with Crippen molar-refractivity contribution in [2.45, 2.75) is 40.3 Å². The summed E-state index contributed by atoms with van der Waals surface area (Å²) in [5, 5.41) is 0. The lowest BCUT2D eigenvalue weighted by molar-refractivity contribution is 0.270. The van der Waals surface area contributed by atoms with Gasteiger partial charge in [0.05, 0.1) is 13.1 Å². The van der Waals surface area contributed by atoms with Gasteiger partial charge in [-0.1, -0.05) is 13.8 Å². The van der Waals surface area contributed by atoms with Crippen LogP contribution in [-0.4, -0.2) is 18.0 Å². The van der Waals surface area contributed by atoms with Crippen LogP contribution < -0.4 is 5.73 Å². The van der Waals surface area contributed by atoms with E-state index in [-0.39, 0.29) is 0 Å². The van der Waals surface area contributed by atoms with Gasteiger partial charge in [-0.15, -0.1) is 0 Å². The topological polar surface area (TPSA) is 42.4 Å². The monoisotopic (exact) mass is 236 g/mol. The predicted octanol–water partition coefficient (Wildman–Crippen LogP) is 2.52. The number of hydrogen-bond donors (Lipinski definition) is 1. The molecule has 1 aliphatic heterocycles. The van der Waals surface area contributed by atoms with Crippen molar-refractivity contribution in [1.29, 1.82) is 0 Å². The molecular formula is C14H24N2O. The second kappa shape index (κ2) is 5.23. The molecule has 17 heavy (non-hydrogen) atoms. The lowest BCUT2D eigenvalue weighted by Crippen LogP contribution is -2.21. The number of nitrogens with two attached hydrogens (primary N) is 1. The lowest BCUT2D eigenvalue weighted by atomic mass is 9.95. The lowest BCUT2D eigenvalue weighted by Gasteiger charge is -2.16. The molecule has 0 amide bonds. The second-order valence-corrected chi connectivity index (χ2v) is 5.55. The Bertz CT molecular complexity index is 370. The van der Waals surface area contributed by atoms with Gasteiger partial charge >= 0.3 is 0 Å². The molecule has 0 spiro atoms. The molecule has 2 rings (SSSR count). The summed E-state index contributed by atoms with van der Waals surface area (Å²) in [6.45, 7) is 10.5. The fraction of sp³-hybridized carbons (Fsp3) is 0.714. The molecule has 1 aromatic heterocycles. The van der Waals surface area contributed by atoms with Crippen molar-refractivity contribution in [1.82, 2.24) is 4.90 Å². The van der Waals surface area contributed by atoms with Crippen LogP contribution in [0, 0.1) is 18.8 Å². The Kier molecular flexibility index (Phi) is 3.89. The summed E-state index contributed by atoms with van der Waals surface area (Å²) in [6, 6.07) is 2.13. The van der Waals surface area contributed by atoms with Gasteiger partial charge < -0.3 is 10.2 Å².